The summed E-state index contributed by atoms with van der Waals surface area (Å²) in [5, 5.41) is 30.7. The molecular weight excluding hydrogens is 494 g/mol. The van der Waals surface area contributed by atoms with Crippen LogP contribution in [0.4, 0.5) is 0 Å². The van der Waals surface area contributed by atoms with Crippen LogP contribution in [0.15, 0.2) is 58.8 Å². The molecule has 3 heterocycles. The minimum atomic E-state index is -0.628. The Hall–Kier alpha value is -2.73. The summed E-state index contributed by atoms with van der Waals surface area (Å²) in [6.45, 7) is 2.31. The van der Waals surface area contributed by atoms with Crippen LogP contribution in [0.2, 0.25) is 5.02 Å². The standard InChI is InChI=1S/C22H22ClN7O2S2/c1-13-25-28-22-30(13)29(20(34-22)15-5-9-18(32-2)10-6-15)11-17(31)12-33-21-24-19(26-27-21)14-3-7-16(23)8-4-14/h3-10,17,20,31H,11-12H2,1-2H3,(H,24,26,27). The van der Waals surface area contributed by atoms with Gasteiger partial charge in [0.15, 0.2) is 5.82 Å². The predicted molar refractivity (Wildman–Crippen MR) is 133 cm³/mol. The number of β-amino-alcohol motifs (C(OH)–C–C–N with tert-alkyl or cyclic N) is 1. The molecular formula is C22H22ClN7O2S2. The molecule has 2 aromatic carbocycles. The van der Waals surface area contributed by atoms with Crippen LogP contribution >= 0.6 is 35.1 Å². The molecule has 0 saturated carbocycles. The zero-order chi connectivity index (χ0) is 23.7. The van der Waals surface area contributed by atoms with Crippen molar-refractivity contribution in [3.63, 3.8) is 0 Å². The van der Waals surface area contributed by atoms with Crippen molar-refractivity contribution < 1.29 is 9.84 Å². The highest BCUT2D eigenvalue weighted by Gasteiger charge is 2.35. The van der Waals surface area contributed by atoms with Gasteiger partial charge in [0.2, 0.25) is 10.3 Å². The molecule has 0 bridgehead atoms. The molecule has 2 unspecified atom stereocenters. The summed E-state index contributed by atoms with van der Waals surface area (Å²) in [6, 6.07) is 15.3. The van der Waals surface area contributed by atoms with Gasteiger partial charge in [0, 0.05) is 16.3 Å². The Labute approximate surface area is 209 Å². The maximum absolute atomic E-state index is 10.9. The third-order valence-electron chi connectivity index (χ3n) is 5.30. The highest BCUT2D eigenvalue weighted by Crippen LogP contribution is 2.43. The van der Waals surface area contributed by atoms with Gasteiger partial charge in [-0.25, -0.2) is 9.66 Å². The third-order valence-corrected chi connectivity index (χ3v) is 7.75. The van der Waals surface area contributed by atoms with Crippen LogP contribution in [0.5, 0.6) is 5.75 Å². The van der Waals surface area contributed by atoms with Gasteiger partial charge in [0.05, 0.1) is 19.8 Å². The van der Waals surface area contributed by atoms with Gasteiger partial charge in [-0.2, -0.15) is 0 Å². The highest BCUT2D eigenvalue weighted by molar-refractivity contribution is 7.99. The number of rotatable bonds is 8. The summed E-state index contributed by atoms with van der Waals surface area (Å²) in [4.78, 5) is 4.52. The van der Waals surface area contributed by atoms with E-state index in [1.54, 1.807) is 18.9 Å². The Kier molecular flexibility index (Phi) is 6.68. The third kappa shape index (κ3) is 4.74. The van der Waals surface area contributed by atoms with E-state index in [4.69, 9.17) is 16.3 Å². The summed E-state index contributed by atoms with van der Waals surface area (Å²) in [5.41, 5.74) is 1.99. The zero-order valence-electron chi connectivity index (χ0n) is 18.4. The number of fused-ring (bicyclic) bond motifs is 1. The van der Waals surface area contributed by atoms with E-state index in [2.05, 4.69) is 30.4 Å². The fraction of sp³-hybridized carbons (Fsp3) is 0.273. The number of aromatic amines is 1. The molecule has 0 amide bonds. The van der Waals surface area contributed by atoms with Crippen molar-refractivity contribution in [3.05, 3.63) is 64.9 Å². The molecule has 4 aromatic rings. The number of benzene rings is 2. The van der Waals surface area contributed by atoms with Crippen LogP contribution in [0, 0.1) is 6.92 Å². The number of halogens is 1. The second-order valence-electron chi connectivity index (χ2n) is 7.65. The number of aromatic nitrogens is 6. The Morgan fingerprint density at radius 1 is 1.18 bits per heavy atom. The number of ether oxygens (including phenoxy) is 1. The smallest absolute Gasteiger partial charge is 0.212 e. The number of aryl methyl sites for hydroxylation is 1. The summed E-state index contributed by atoms with van der Waals surface area (Å²) >= 11 is 8.96. The Morgan fingerprint density at radius 3 is 2.68 bits per heavy atom. The largest absolute Gasteiger partial charge is 0.497 e. The van der Waals surface area contributed by atoms with Gasteiger partial charge < -0.3 is 9.84 Å². The number of nitrogens with zero attached hydrogens (tertiary/aromatic N) is 6. The van der Waals surface area contributed by atoms with Crippen molar-refractivity contribution in [1.82, 2.24) is 30.1 Å². The maximum atomic E-state index is 10.9. The molecule has 1 aliphatic heterocycles. The molecule has 12 heteroatoms. The summed E-state index contributed by atoms with van der Waals surface area (Å²) in [5.74, 6) is 2.67. The average molecular weight is 516 g/mol. The van der Waals surface area contributed by atoms with Crippen molar-refractivity contribution in [3.8, 4) is 17.1 Å². The minimum absolute atomic E-state index is 0.0326. The summed E-state index contributed by atoms with van der Waals surface area (Å²) < 4.78 is 7.26. The lowest BCUT2D eigenvalue weighted by Crippen LogP contribution is -2.41. The molecule has 0 radical (unpaired) electrons. The van der Waals surface area contributed by atoms with Gasteiger partial charge in [-0.1, -0.05) is 47.3 Å². The molecule has 2 atom stereocenters. The minimum Gasteiger partial charge on any atom is -0.497 e. The lowest BCUT2D eigenvalue weighted by Gasteiger charge is -2.29. The van der Waals surface area contributed by atoms with Crippen molar-refractivity contribution >= 4 is 35.1 Å². The number of nitrogens with one attached hydrogen (secondary N) is 1. The number of methoxy groups -OCH3 is 1. The van der Waals surface area contributed by atoms with Gasteiger partial charge in [-0.3, -0.25) is 10.1 Å². The van der Waals surface area contributed by atoms with Gasteiger partial charge in [-0.15, -0.1) is 15.3 Å². The molecule has 5 rings (SSSR count). The molecule has 0 fully saturated rings. The van der Waals surface area contributed by atoms with E-state index >= 15 is 0 Å². The lowest BCUT2D eigenvalue weighted by molar-refractivity contribution is 0.194. The first-order valence-corrected chi connectivity index (χ1v) is 12.7. The normalized spacial score (nSPS) is 16.0. The number of hydrogen-bond acceptors (Lipinski definition) is 9. The van der Waals surface area contributed by atoms with E-state index in [0.29, 0.717) is 28.3 Å². The number of hydrogen-bond donors (Lipinski definition) is 2. The quantitative estimate of drug-likeness (QED) is 0.337. The number of aliphatic hydroxyl groups excluding tert-OH is 1. The number of H-pyrrole nitrogens is 1. The van der Waals surface area contributed by atoms with Crippen LogP contribution in [-0.2, 0) is 0 Å². The molecule has 34 heavy (non-hydrogen) atoms. The highest BCUT2D eigenvalue weighted by atomic mass is 35.5. The lowest BCUT2D eigenvalue weighted by atomic mass is 10.2. The first kappa shape index (κ1) is 23.0. The van der Waals surface area contributed by atoms with Gasteiger partial charge in [0.1, 0.15) is 16.9 Å². The van der Waals surface area contributed by atoms with E-state index in [0.717, 1.165) is 27.9 Å². The van der Waals surface area contributed by atoms with Crippen LogP contribution in [0.25, 0.3) is 11.4 Å². The Balaban J connectivity index is 1.27. The predicted octanol–water partition coefficient (Wildman–Crippen LogP) is 3.93. The first-order valence-electron chi connectivity index (χ1n) is 10.5. The number of thioether (sulfide) groups is 2. The second-order valence-corrected chi connectivity index (χ2v) is 10.1. The molecule has 176 valence electrons. The average Bonchev–Trinajstić information content (AvgIpc) is 3.56. The topological polar surface area (TPSA) is 105 Å². The fourth-order valence-corrected chi connectivity index (χ4v) is 5.70. The van der Waals surface area contributed by atoms with Gasteiger partial charge in [0.25, 0.3) is 0 Å². The van der Waals surface area contributed by atoms with Crippen molar-refractivity contribution in [2.75, 3.05) is 24.4 Å². The maximum Gasteiger partial charge on any atom is 0.212 e. The van der Waals surface area contributed by atoms with Crippen LogP contribution in [0.1, 0.15) is 16.8 Å². The van der Waals surface area contributed by atoms with Crippen LogP contribution in [-0.4, -0.2) is 60.7 Å². The van der Waals surface area contributed by atoms with E-state index < -0.39 is 6.10 Å². The molecule has 2 aromatic heterocycles. The van der Waals surface area contributed by atoms with Gasteiger partial charge >= 0.3 is 0 Å². The van der Waals surface area contributed by atoms with Crippen LogP contribution in [0.3, 0.4) is 0 Å². The Morgan fingerprint density at radius 2 is 1.94 bits per heavy atom. The molecule has 0 saturated heterocycles. The zero-order valence-corrected chi connectivity index (χ0v) is 20.8. The van der Waals surface area contributed by atoms with E-state index in [-0.39, 0.29) is 5.37 Å². The summed E-state index contributed by atoms with van der Waals surface area (Å²) in [7, 11) is 1.65. The fourth-order valence-electron chi connectivity index (χ4n) is 3.65. The van der Waals surface area contributed by atoms with E-state index in [9.17, 15) is 5.11 Å². The second kappa shape index (κ2) is 9.87. The SMILES string of the molecule is COc1ccc(C2Sc3nnc(C)n3N2CC(O)CSc2n[nH]c(-c3ccc(Cl)cc3)n2)cc1. The molecule has 0 aliphatic carbocycles. The van der Waals surface area contributed by atoms with Crippen molar-refractivity contribution in [2.45, 2.75) is 28.7 Å². The summed E-state index contributed by atoms with van der Waals surface area (Å²) in [6.07, 6.45) is -0.628. The molecule has 1 aliphatic rings. The van der Waals surface area contributed by atoms with E-state index in [1.807, 2.05) is 60.1 Å². The van der Waals surface area contributed by atoms with Crippen molar-refractivity contribution in [1.29, 1.82) is 0 Å². The first-order chi connectivity index (χ1) is 16.5. The molecule has 9 nitrogen and oxygen atoms in total. The Bertz CT molecular complexity index is 1260. The van der Waals surface area contributed by atoms with Crippen molar-refractivity contribution in [2.24, 2.45) is 0 Å². The molecule has 2 N–H and O–H groups in total. The monoisotopic (exact) mass is 515 g/mol. The van der Waals surface area contributed by atoms with Crippen LogP contribution < -0.4 is 9.75 Å². The van der Waals surface area contributed by atoms with Gasteiger partial charge in [-0.05, 0) is 48.9 Å². The number of aliphatic hydroxyl groups is 1. The van der Waals surface area contributed by atoms with E-state index in [1.165, 1.54) is 11.8 Å². The molecule has 0 spiro atoms.